The third-order valence-electron chi connectivity index (χ3n) is 5.22. The minimum atomic E-state index is -0.422. The Labute approximate surface area is 180 Å². The highest BCUT2D eigenvalue weighted by Crippen LogP contribution is 2.38. The molecule has 0 saturated carbocycles. The van der Waals surface area contributed by atoms with Gasteiger partial charge in [-0.25, -0.2) is 0 Å². The van der Waals surface area contributed by atoms with Crippen molar-refractivity contribution in [1.29, 1.82) is 0 Å². The van der Waals surface area contributed by atoms with E-state index in [4.69, 9.17) is 0 Å². The third kappa shape index (κ3) is 4.09. The van der Waals surface area contributed by atoms with Gasteiger partial charge < -0.3 is 5.32 Å². The fraction of sp³-hybridized carbons (Fsp3) is 0.208. The van der Waals surface area contributed by atoms with Crippen LogP contribution in [-0.2, 0) is 11.3 Å². The van der Waals surface area contributed by atoms with Crippen molar-refractivity contribution in [3.63, 3.8) is 0 Å². The highest BCUT2D eigenvalue weighted by molar-refractivity contribution is 7.98. The number of aromatic nitrogens is 1. The van der Waals surface area contributed by atoms with Gasteiger partial charge in [-0.1, -0.05) is 24.3 Å². The predicted octanol–water partition coefficient (Wildman–Crippen LogP) is 4.52. The maximum atomic E-state index is 13.1. The average Bonchev–Trinajstić information content (AvgIpc) is 3.04. The van der Waals surface area contributed by atoms with Crippen LogP contribution in [0.3, 0.4) is 0 Å². The molecule has 0 spiro atoms. The summed E-state index contributed by atoms with van der Waals surface area (Å²) in [7, 11) is 0. The molecule has 3 aromatic rings. The Kier molecular flexibility index (Phi) is 5.86. The fourth-order valence-electron chi connectivity index (χ4n) is 3.71. The molecule has 6 heteroatoms. The SMILES string of the molecule is CSc1ccc(CNC(=O)C[C@@H]2c3ncccc3C(=O)N2c2cccc(C)c2)cc1. The van der Waals surface area contributed by atoms with E-state index in [0.717, 1.165) is 16.8 Å². The largest absolute Gasteiger partial charge is 0.352 e. The molecule has 2 heterocycles. The van der Waals surface area contributed by atoms with E-state index in [1.165, 1.54) is 4.90 Å². The molecule has 1 atom stereocenters. The van der Waals surface area contributed by atoms with Crippen LogP contribution in [0.4, 0.5) is 5.69 Å². The van der Waals surface area contributed by atoms with Crippen molar-refractivity contribution in [2.45, 2.75) is 30.8 Å². The Morgan fingerprint density at radius 1 is 1.13 bits per heavy atom. The molecule has 30 heavy (non-hydrogen) atoms. The summed E-state index contributed by atoms with van der Waals surface area (Å²) in [6, 6.07) is 19.0. The number of anilines is 1. The van der Waals surface area contributed by atoms with Gasteiger partial charge >= 0.3 is 0 Å². The van der Waals surface area contributed by atoms with Crippen LogP contribution < -0.4 is 10.2 Å². The molecule has 0 aliphatic carbocycles. The second-order valence-corrected chi connectivity index (χ2v) is 8.17. The number of fused-ring (bicyclic) bond motifs is 1. The van der Waals surface area contributed by atoms with Crippen LogP contribution in [0.2, 0.25) is 0 Å². The highest BCUT2D eigenvalue weighted by atomic mass is 32.2. The summed E-state index contributed by atoms with van der Waals surface area (Å²) in [5.41, 5.74) is 4.09. The summed E-state index contributed by atoms with van der Waals surface area (Å²) in [5.74, 6) is -0.230. The molecule has 0 unspecified atom stereocenters. The smallest absolute Gasteiger partial charge is 0.260 e. The van der Waals surface area contributed by atoms with Gasteiger partial charge in [0.25, 0.3) is 5.91 Å². The first-order valence-corrected chi connectivity index (χ1v) is 11.0. The molecule has 5 nitrogen and oxygen atoms in total. The fourth-order valence-corrected chi connectivity index (χ4v) is 4.12. The van der Waals surface area contributed by atoms with Crippen LogP contribution in [0.1, 0.15) is 39.6 Å². The first-order valence-electron chi connectivity index (χ1n) is 9.81. The minimum Gasteiger partial charge on any atom is -0.352 e. The zero-order chi connectivity index (χ0) is 21.1. The number of nitrogens with zero attached hydrogens (tertiary/aromatic N) is 2. The van der Waals surface area contributed by atoms with Crippen LogP contribution in [0.25, 0.3) is 0 Å². The summed E-state index contributed by atoms with van der Waals surface area (Å²) in [6.45, 7) is 2.44. The monoisotopic (exact) mass is 417 g/mol. The van der Waals surface area contributed by atoms with Crippen molar-refractivity contribution in [1.82, 2.24) is 10.3 Å². The second-order valence-electron chi connectivity index (χ2n) is 7.30. The lowest BCUT2D eigenvalue weighted by molar-refractivity contribution is -0.121. The molecule has 1 aliphatic rings. The Hall–Kier alpha value is -3.12. The quantitative estimate of drug-likeness (QED) is 0.599. The van der Waals surface area contributed by atoms with E-state index in [1.807, 2.05) is 61.7 Å². The molecule has 0 radical (unpaired) electrons. The van der Waals surface area contributed by atoms with Gasteiger partial charge in [0.05, 0.1) is 23.7 Å². The molecule has 1 aromatic heterocycles. The van der Waals surface area contributed by atoms with Crippen molar-refractivity contribution in [3.8, 4) is 0 Å². The number of pyridine rings is 1. The van der Waals surface area contributed by atoms with Crippen LogP contribution in [0.15, 0.2) is 71.8 Å². The number of rotatable bonds is 6. The van der Waals surface area contributed by atoms with Gasteiger partial charge in [-0.2, -0.15) is 0 Å². The number of hydrogen-bond acceptors (Lipinski definition) is 4. The molecular formula is C24H23N3O2S. The van der Waals surface area contributed by atoms with E-state index in [9.17, 15) is 9.59 Å². The van der Waals surface area contributed by atoms with E-state index in [-0.39, 0.29) is 18.2 Å². The van der Waals surface area contributed by atoms with Gasteiger partial charge in [0, 0.05) is 23.3 Å². The number of thioether (sulfide) groups is 1. The van der Waals surface area contributed by atoms with Gasteiger partial charge in [-0.15, -0.1) is 11.8 Å². The zero-order valence-electron chi connectivity index (χ0n) is 17.0. The number of benzene rings is 2. The predicted molar refractivity (Wildman–Crippen MR) is 120 cm³/mol. The van der Waals surface area contributed by atoms with Gasteiger partial charge in [0.15, 0.2) is 0 Å². The first-order chi connectivity index (χ1) is 14.6. The number of aryl methyl sites for hydroxylation is 1. The van der Waals surface area contributed by atoms with Crippen molar-refractivity contribution in [2.75, 3.05) is 11.2 Å². The molecule has 152 valence electrons. The lowest BCUT2D eigenvalue weighted by Crippen LogP contribution is -2.33. The molecule has 0 fully saturated rings. The normalized spacial score (nSPS) is 15.2. The molecule has 0 bridgehead atoms. The van der Waals surface area contributed by atoms with Crippen molar-refractivity contribution in [3.05, 3.63) is 89.2 Å². The first kappa shape index (κ1) is 20.2. The standard InChI is InChI=1S/C24H23N3O2S/c1-16-5-3-6-18(13-16)27-21(23-20(24(27)29)7-4-12-25-23)14-22(28)26-15-17-8-10-19(30-2)11-9-17/h3-13,21H,14-15H2,1-2H3,(H,26,28)/t21-/m1/s1. The number of hydrogen-bond donors (Lipinski definition) is 1. The minimum absolute atomic E-state index is 0.113. The maximum absolute atomic E-state index is 13.1. The van der Waals surface area contributed by atoms with E-state index < -0.39 is 6.04 Å². The average molecular weight is 418 g/mol. The van der Waals surface area contributed by atoms with Gasteiger partial charge in [-0.3, -0.25) is 19.5 Å². The zero-order valence-corrected chi connectivity index (χ0v) is 17.8. The Morgan fingerprint density at radius 3 is 2.67 bits per heavy atom. The molecule has 0 saturated heterocycles. The molecule has 1 N–H and O–H groups in total. The second kappa shape index (κ2) is 8.71. The summed E-state index contributed by atoms with van der Waals surface area (Å²) in [6.07, 6.45) is 3.86. The molecule has 2 amide bonds. The number of amides is 2. The van der Waals surface area contributed by atoms with Gasteiger partial charge in [-0.05, 0) is 60.7 Å². The summed E-state index contributed by atoms with van der Waals surface area (Å²) in [5, 5.41) is 2.98. The van der Waals surface area contributed by atoms with E-state index >= 15 is 0 Å². The van der Waals surface area contributed by atoms with Gasteiger partial charge in [0.1, 0.15) is 0 Å². The van der Waals surface area contributed by atoms with E-state index in [0.29, 0.717) is 17.8 Å². The highest BCUT2D eigenvalue weighted by Gasteiger charge is 2.39. The number of carbonyl (C=O) groups is 2. The lowest BCUT2D eigenvalue weighted by atomic mass is 10.1. The van der Waals surface area contributed by atoms with E-state index in [1.54, 1.807) is 35.0 Å². The summed E-state index contributed by atoms with van der Waals surface area (Å²) >= 11 is 1.68. The Morgan fingerprint density at radius 2 is 1.93 bits per heavy atom. The lowest BCUT2D eigenvalue weighted by Gasteiger charge is -2.25. The topological polar surface area (TPSA) is 62.3 Å². The van der Waals surface area contributed by atoms with Crippen molar-refractivity contribution in [2.24, 2.45) is 0 Å². The van der Waals surface area contributed by atoms with Gasteiger partial charge in [0.2, 0.25) is 5.91 Å². The van der Waals surface area contributed by atoms with Crippen LogP contribution in [-0.4, -0.2) is 23.1 Å². The maximum Gasteiger partial charge on any atom is 0.260 e. The third-order valence-corrected chi connectivity index (χ3v) is 5.97. The summed E-state index contributed by atoms with van der Waals surface area (Å²) < 4.78 is 0. The van der Waals surface area contributed by atoms with Crippen molar-refractivity contribution >= 4 is 29.3 Å². The van der Waals surface area contributed by atoms with Crippen molar-refractivity contribution < 1.29 is 9.59 Å². The molecule has 1 aliphatic heterocycles. The van der Waals surface area contributed by atoms with Crippen LogP contribution in [0.5, 0.6) is 0 Å². The van der Waals surface area contributed by atoms with E-state index in [2.05, 4.69) is 10.3 Å². The Bertz CT molecular complexity index is 1080. The molecule has 2 aromatic carbocycles. The number of nitrogens with one attached hydrogen (secondary N) is 1. The number of carbonyl (C=O) groups excluding carboxylic acids is 2. The molecule has 4 rings (SSSR count). The van der Waals surface area contributed by atoms with Crippen LogP contribution in [0, 0.1) is 6.92 Å². The molecular weight excluding hydrogens is 394 g/mol. The Balaban J connectivity index is 1.53. The summed E-state index contributed by atoms with van der Waals surface area (Å²) in [4.78, 5) is 33.2. The van der Waals surface area contributed by atoms with Crippen LogP contribution >= 0.6 is 11.8 Å².